The third-order valence-electron chi connectivity index (χ3n) is 4.86. The zero-order chi connectivity index (χ0) is 18.0. The van der Waals surface area contributed by atoms with Gasteiger partial charge in [0, 0.05) is 11.5 Å². The number of benzene rings is 2. The molecule has 3 N–H and O–H groups in total. The Balaban J connectivity index is 2.17. The van der Waals surface area contributed by atoms with Crippen LogP contribution in [0.4, 0.5) is 5.69 Å². The number of fused-ring (bicyclic) bond motifs is 1. The van der Waals surface area contributed by atoms with E-state index in [1.165, 1.54) is 5.56 Å². The number of amidine groups is 1. The van der Waals surface area contributed by atoms with Gasteiger partial charge in [-0.25, -0.2) is 4.99 Å². The Morgan fingerprint density at radius 2 is 1.84 bits per heavy atom. The Kier molecular flexibility index (Phi) is 4.93. The van der Waals surface area contributed by atoms with Crippen molar-refractivity contribution in [1.29, 1.82) is 0 Å². The zero-order valence-corrected chi connectivity index (χ0v) is 15.2. The Hall–Kier alpha value is -2.55. The number of nitrogens with zero attached hydrogens (tertiary/aromatic N) is 1. The van der Waals surface area contributed by atoms with E-state index in [0.717, 1.165) is 47.2 Å². The van der Waals surface area contributed by atoms with E-state index in [9.17, 15) is 5.11 Å². The lowest BCUT2D eigenvalue weighted by molar-refractivity contribution is 0.466. The van der Waals surface area contributed by atoms with E-state index in [1.807, 2.05) is 32.0 Å². The fourth-order valence-electron chi connectivity index (χ4n) is 3.54. The average Bonchev–Trinajstić information content (AvgIpc) is 2.59. The molecule has 0 bridgehead atoms. The van der Waals surface area contributed by atoms with Crippen LogP contribution >= 0.6 is 0 Å². The fraction of sp³-hybridized carbons (Fsp3) is 0.318. The number of para-hydroxylation sites is 1. The first-order valence-electron chi connectivity index (χ1n) is 8.96. The van der Waals surface area contributed by atoms with Crippen LogP contribution in [0.15, 0.2) is 53.0 Å². The van der Waals surface area contributed by atoms with Gasteiger partial charge in [0.1, 0.15) is 11.6 Å². The molecule has 2 aromatic carbocycles. The van der Waals surface area contributed by atoms with Crippen molar-refractivity contribution >= 4 is 11.5 Å². The first-order chi connectivity index (χ1) is 12.0. The van der Waals surface area contributed by atoms with Gasteiger partial charge in [0.15, 0.2) is 0 Å². The van der Waals surface area contributed by atoms with Crippen molar-refractivity contribution in [2.24, 2.45) is 10.7 Å². The van der Waals surface area contributed by atoms with Crippen LogP contribution in [0.5, 0.6) is 5.75 Å². The maximum Gasteiger partial charge on any atom is 0.127 e. The molecule has 1 aliphatic heterocycles. The third kappa shape index (κ3) is 3.32. The molecule has 0 fully saturated rings. The molecule has 3 nitrogen and oxygen atoms in total. The molecule has 1 aliphatic rings. The molecule has 1 atom stereocenters. The first-order valence-corrected chi connectivity index (χ1v) is 8.96. The predicted molar refractivity (Wildman–Crippen MR) is 105 cm³/mol. The van der Waals surface area contributed by atoms with Crippen molar-refractivity contribution in [3.63, 3.8) is 0 Å². The Labute approximate surface area is 149 Å². The number of allylic oxidation sites excluding steroid dienone is 1. The summed E-state index contributed by atoms with van der Waals surface area (Å²) in [6, 6.07) is 12.3. The van der Waals surface area contributed by atoms with Crippen LogP contribution in [0, 0.1) is 13.8 Å². The van der Waals surface area contributed by atoms with Crippen molar-refractivity contribution in [2.45, 2.75) is 46.0 Å². The zero-order valence-electron chi connectivity index (χ0n) is 15.2. The van der Waals surface area contributed by atoms with Crippen LogP contribution in [0.2, 0.25) is 0 Å². The molecule has 1 heterocycles. The number of unbranched alkanes of at least 4 members (excludes halogenated alkanes) is 2. The van der Waals surface area contributed by atoms with E-state index in [0.29, 0.717) is 11.6 Å². The molecule has 25 heavy (non-hydrogen) atoms. The first kappa shape index (κ1) is 17.3. The highest BCUT2D eigenvalue weighted by Crippen LogP contribution is 2.42. The number of hydrogen-bond donors (Lipinski definition) is 2. The molecular weight excluding hydrogens is 308 g/mol. The highest BCUT2D eigenvalue weighted by atomic mass is 16.3. The minimum atomic E-state index is 0.0588. The minimum absolute atomic E-state index is 0.0588. The second-order valence-electron chi connectivity index (χ2n) is 6.79. The Morgan fingerprint density at radius 1 is 1.16 bits per heavy atom. The summed E-state index contributed by atoms with van der Waals surface area (Å²) in [6.07, 6.45) is 5.52. The van der Waals surface area contributed by atoms with Gasteiger partial charge in [-0.1, -0.05) is 56.2 Å². The highest BCUT2D eigenvalue weighted by molar-refractivity contribution is 6.03. The van der Waals surface area contributed by atoms with Crippen LogP contribution in [-0.4, -0.2) is 10.9 Å². The Bertz CT molecular complexity index is 826. The number of aliphatic imine (C=N–C) groups is 1. The SMILES string of the molecule is CCCCC=C1C(N)=Nc2ccccc2C1c1cc(C)c(O)c(C)c1. The smallest absolute Gasteiger partial charge is 0.127 e. The van der Waals surface area contributed by atoms with Gasteiger partial charge in [-0.2, -0.15) is 0 Å². The second kappa shape index (κ2) is 7.14. The maximum atomic E-state index is 10.2. The number of aromatic hydroxyl groups is 1. The monoisotopic (exact) mass is 334 g/mol. The molecule has 3 rings (SSSR count). The summed E-state index contributed by atoms with van der Waals surface area (Å²) >= 11 is 0. The van der Waals surface area contributed by atoms with E-state index < -0.39 is 0 Å². The molecule has 1 unspecified atom stereocenters. The summed E-state index contributed by atoms with van der Waals surface area (Å²) in [7, 11) is 0. The molecule has 130 valence electrons. The molecule has 0 spiro atoms. The largest absolute Gasteiger partial charge is 0.507 e. The van der Waals surface area contributed by atoms with E-state index in [2.05, 4.69) is 36.2 Å². The molecule has 0 aromatic heterocycles. The summed E-state index contributed by atoms with van der Waals surface area (Å²) in [4.78, 5) is 4.62. The number of nitrogens with two attached hydrogens (primary N) is 1. The standard InChI is InChI=1S/C22H26N2O/c1-4-5-6-10-18-20(16-12-14(2)21(25)15(3)13-16)17-9-7-8-11-19(17)24-22(18)23/h7-13,20,25H,4-6H2,1-3H3,(H2,23,24). The summed E-state index contributed by atoms with van der Waals surface area (Å²) in [5, 5.41) is 10.2. The average molecular weight is 334 g/mol. The topological polar surface area (TPSA) is 58.6 Å². The quantitative estimate of drug-likeness (QED) is 0.749. The molecule has 0 aliphatic carbocycles. The highest BCUT2D eigenvalue weighted by Gasteiger charge is 2.28. The van der Waals surface area contributed by atoms with Crippen LogP contribution < -0.4 is 5.73 Å². The van der Waals surface area contributed by atoms with Gasteiger partial charge in [-0.3, -0.25) is 0 Å². The van der Waals surface area contributed by atoms with Gasteiger partial charge < -0.3 is 10.8 Å². The lowest BCUT2D eigenvalue weighted by Gasteiger charge is -2.28. The summed E-state index contributed by atoms with van der Waals surface area (Å²) in [5.41, 5.74) is 12.5. The van der Waals surface area contributed by atoms with Crippen molar-refractivity contribution in [1.82, 2.24) is 0 Å². The molecular formula is C22H26N2O. The van der Waals surface area contributed by atoms with Gasteiger partial charge in [0.05, 0.1) is 5.69 Å². The van der Waals surface area contributed by atoms with Crippen LogP contribution in [0.3, 0.4) is 0 Å². The molecule has 0 saturated carbocycles. The molecule has 3 heteroatoms. The Morgan fingerprint density at radius 3 is 2.52 bits per heavy atom. The van der Waals surface area contributed by atoms with E-state index in [1.54, 1.807) is 0 Å². The maximum absolute atomic E-state index is 10.2. The van der Waals surface area contributed by atoms with E-state index >= 15 is 0 Å². The van der Waals surface area contributed by atoms with Gasteiger partial charge >= 0.3 is 0 Å². The lowest BCUT2D eigenvalue weighted by Crippen LogP contribution is -2.24. The van der Waals surface area contributed by atoms with Crippen molar-refractivity contribution in [3.05, 3.63) is 70.3 Å². The molecule has 2 aromatic rings. The van der Waals surface area contributed by atoms with Gasteiger partial charge in [0.2, 0.25) is 0 Å². The normalized spacial score (nSPS) is 18.1. The van der Waals surface area contributed by atoms with E-state index in [-0.39, 0.29) is 5.92 Å². The van der Waals surface area contributed by atoms with Gasteiger partial charge in [-0.15, -0.1) is 0 Å². The summed E-state index contributed by atoms with van der Waals surface area (Å²) in [5.74, 6) is 1.03. The van der Waals surface area contributed by atoms with Gasteiger partial charge in [-0.05, 0) is 48.6 Å². The van der Waals surface area contributed by atoms with Crippen molar-refractivity contribution in [3.8, 4) is 5.75 Å². The number of rotatable bonds is 4. The predicted octanol–water partition coefficient (Wildman–Crippen LogP) is 5.26. The fourth-order valence-corrected chi connectivity index (χ4v) is 3.54. The van der Waals surface area contributed by atoms with Crippen molar-refractivity contribution < 1.29 is 5.11 Å². The summed E-state index contributed by atoms with van der Waals surface area (Å²) < 4.78 is 0. The van der Waals surface area contributed by atoms with Crippen molar-refractivity contribution in [2.75, 3.05) is 0 Å². The number of phenols is 1. The van der Waals surface area contributed by atoms with Crippen LogP contribution in [0.25, 0.3) is 0 Å². The second-order valence-corrected chi connectivity index (χ2v) is 6.79. The lowest BCUT2D eigenvalue weighted by atomic mass is 9.80. The number of hydrogen-bond acceptors (Lipinski definition) is 3. The number of aryl methyl sites for hydroxylation is 2. The molecule has 0 amide bonds. The molecule has 0 saturated heterocycles. The third-order valence-corrected chi connectivity index (χ3v) is 4.86. The van der Waals surface area contributed by atoms with Crippen LogP contribution in [-0.2, 0) is 0 Å². The molecule has 0 radical (unpaired) electrons. The summed E-state index contributed by atoms with van der Waals surface area (Å²) in [6.45, 7) is 6.08. The van der Waals surface area contributed by atoms with Gasteiger partial charge in [0.25, 0.3) is 0 Å². The minimum Gasteiger partial charge on any atom is -0.507 e. The van der Waals surface area contributed by atoms with E-state index in [4.69, 9.17) is 5.73 Å². The van der Waals surface area contributed by atoms with Crippen LogP contribution in [0.1, 0.15) is 54.4 Å². The number of phenolic OH excluding ortho intramolecular Hbond substituents is 1.